The van der Waals surface area contributed by atoms with Crippen LogP contribution in [0.5, 0.6) is 0 Å². The number of carboxylic acid groups (broad SMARTS) is 1. The van der Waals surface area contributed by atoms with E-state index < -0.39 is 5.97 Å². The molecule has 0 saturated heterocycles. The Morgan fingerprint density at radius 3 is 1.97 bits per heavy atom. The summed E-state index contributed by atoms with van der Waals surface area (Å²) in [5, 5.41) is 9.41. The summed E-state index contributed by atoms with van der Waals surface area (Å²) in [5.74, 6) is 1.49. The molecule has 0 atom stereocenters. The lowest BCUT2D eigenvalue weighted by Crippen LogP contribution is -2.53. The minimum atomic E-state index is -0.638. The standard InChI is InChI=1S/C31H51NO4/c1-32(31(20-21-31)26-11-9-24(10-12-26)28(33)34)29(35)30(18-5-6-19-30)25-13-15-27(16-14-25)36-22-17-23-7-3-2-4-8-23/h23-27H,2-22H2,1H3,(H,33,34). The summed E-state index contributed by atoms with van der Waals surface area (Å²) in [7, 11) is 2.10. The fourth-order valence-corrected chi connectivity index (χ4v) is 9.02. The zero-order valence-corrected chi connectivity index (χ0v) is 22.9. The van der Waals surface area contributed by atoms with Crippen molar-refractivity contribution < 1.29 is 19.4 Å². The molecule has 0 radical (unpaired) electrons. The Balaban J connectivity index is 1.15. The highest BCUT2D eigenvalue weighted by molar-refractivity contribution is 5.84. The molecule has 0 heterocycles. The van der Waals surface area contributed by atoms with Gasteiger partial charge in [-0.3, -0.25) is 9.59 Å². The summed E-state index contributed by atoms with van der Waals surface area (Å²) >= 11 is 0. The van der Waals surface area contributed by atoms with Crippen molar-refractivity contribution in [2.75, 3.05) is 13.7 Å². The first-order valence-corrected chi connectivity index (χ1v) is 15.6. The number of carbonyl (C=O) groups excluding carboxylic acids is 1. The highest BCUT2D eigenvalue weighted by Crippen LogP contribution is 2.57. The zero-order chi connectivity index (χ0) is 25.2. The van der Waals surface area contributed by atoms with Crippen LogP contribution in [0.15, 0.2) is 0 Å². The number of carboxylic acids is 1. The molecule has 0 spiro atoms. The Kier molecular flexibility index (Phi) is 8.34. The van der Waals surface area contributed by atoms with E-state index in [2.05, 4.69) is 11.9 Å². The molecule has 1 amide bonds. The number of nitrogens with zero attached hydrogens (tertiary/aromatic N) is 1. The number of aliphatic carboxylic acids is 1. The van der Waals surface area contributed by atoms with Crippen LogP contribution < -0.4 is 0 Å². The third-order valence-corrected chi connectivity index (χ3v) is 11.6. The number of ether oxygens (including phenoxy) is 1. The van der Waals surface area contributed by atoms with Crippen LogP contribution in [0.2, 0.25) is 0 Å². The van der Waals surface area contributed by atoms with Gasteiger partial charge in [-0.25, -0.2) is 0 Å². The van der Waals surface area contributed by atoms with Gasteiger partial charge in [0.05, 0.1) is 17.4 Å². The topological polar surface area (TPSA) is 66.8 Å². The van der Waals surface area contributed by atoms with Gasteiger partial charge in [0.2, 0.25) is 5.91 Å². The van der Waals surface area contributed by atoms with E-state index in [0.29, 0.717) is 23.8 Å². The molecule has 5 fully saturated rings. The molecule has 0 aliphatic heterocycles. The van der Waals surface area contributed by atoms with Crippen molar-refractivity contribution >= 4 is 11.9 Å². The molecule has 5 aliphatic carbocycles. The van der Waals surface area contributed by atoms with Crippen LogP contribution in [-0.2, 0) is 14.3 Å². The maximum atomic E-state index is 14.3. The number of hydrogen-bond acceptors (Lipinski definition) is 3. The summed E-state index contributed by atoms with van der Waals surface area (Å²) in [6.45, 7) is 0.930. The number of rotatable bonds is 9. The van der Waals surface area contributed by atoms with Crippen LogP contribution in [0.3, 0.4) is 0 Å². The van der Waals surface area contributed by atoms with Gasteiger partial charge >= 0.3 is 5.97 Å². The molecule has 1 N–H and O–H groups in total. The molecular weight excluding hydrogens is 450 g/mol. The van der Waals surface area contributed by atoms with Crippen molar-refractivity contribution in [1.82, 2.24) is 4.90 Å². The minimum Gasteiger partial charge on any atom is -0.481 e. The molecule has 5 nitrogen and oxygen atoms in total. The van der Waals surface area contributed by atoms with Crippen molar-refractivity contribution in [3.05, 3.63) is 0 Å². The molecule has 0 unspecified atom stereocenters. The monoisotopic (exact) mass is 501 g/mol. The van der Waals surface area contributed by atoms with E-state index in [4.69, 9.17) is 4.74 Å². The van der Waals surface area contributed by atoms with Gasteiger partial charge in [0.1, 0.15) is 0 Å². The number of hydrogen-bond donors (Lipinski definition) is 1. The second-order valence-electron chi connectivity index (χ2n) is 13.4. The quantitative estimate of drug-likeness (QED) is 0.370. The maximum absolute atomic E-state index is 14.3. The van der Waals surface area contributed by atoms with Crippen molar-refractivity contribution in [3.8, 4) is 0 Å². The molecule has 5 aliphatic rings. The minimum absolute atomic E-state index is 0.00950. The summed E-state index contributed by atoms with van der Waals surface area (Å²) in [6.07, 6.45) is 23.4. The van der Waals surface area contributed by atoms with Gasteiger partial charge in [-0.05, 0) is 101 Å². The number of carbonyl (C=O) groups is 2. The molecular formula is C31H51NO4. The molecule has 204 valence electrons. The third-order valence-electron chi connectivity index (χ3n) is 11.6. The summed E-state index contributed by atoms with van der Waals surface area (Å²) < 4.78 is 6.37. The first-order valence-electron chi connectivity index (χ1n) is 15.6. The predicted octanol–water partition coefficient (Wildman–Crippen LogP) is 6.97. The van der Waals surface area contributed by atoms with Crippen LogP contribution in [-0.4, -0.2) is 47.2 Å². The summed E-state index contributed by atoms with van der Waals surface area (Å²) in [5.41, 5.74) is -0.148. The fraction of sp³-hybridized carbons (Fsp3) is 0.935. The van der Waals surface area contributed by atoms with Crippen LogP contribution >= 0.6 is 0 Å². The van der Waals surface area contributed by atoms with Gasteiger partial charge in [0, 0.05) is 19.2 Å². The molecule has 0 aromatic rings. The number of amides is 1. The average Bonchev–Trinajstić information content (AvgIpc) is 3.58. The Labute approximate surface area is 219 Å². The van der Waals surface area contributed by atoms with Gasteiger partial charge in [-0.15, -0.1) is 0 Å². The predicted molar refractivity (Wildman–Crippen MR) is 142 cm³/mol. The van der Waals surface area contributed by atoms with Crippen LogP contribution in [0, 0.1) is 29.1 Å². The highest BCUT2D eigenvalue weighted by atomic mass is 16.5. The van der Waals surface area contributed by atoms with Crippen molar-refractivity contribution in [1.29, 1.82) is 0 Å². The Morgan fingerprint density at radius 2 is 1.39 bits per heavy atom. The third kappa shape index (κ3) is 5.38. The van der Waals surface area contributed by atoms with Crippen LogP contribution in [0.1, 0.15) is 128 Å². The fourth-order valence-electron chi connectivity index (χ4n) is 9.02. The lowest BCUT2D eigenvalue weighted by Gasteiger charge is -2.46. The molecule has 0 aromatic carbocycles. The largest absolute Gasteiger partial charge is 0.481 e. The SMILES string of the molecule is CN(C(=O)C1(C2CCC(OCCC3CCCCC3)CC2)CCCC1)C1(C2CCC(C(=O)O)CC2)CC1. The van der Waals surface area contributed by atoms with E-state index in [9.17, 15) is 14.7 Å². The second kappa shape index (κ2) is 11.3. The molecule has 36 heavy (non-hydrogen) atoms. The van der Waals surface area contributed by atoms with Gasteiger partial charge < -0.3 is 14.7 Å². The maximum Gasteiger partial charge on any atom is 0.306 e. The second-order valence-corrected chi connectivity index (χ2v) is 13.4. The summed E-state index contributed by atoms with van der Waals surface area (Å²) in [4.78, 5) is 27.9. The van der Waals surface area contributed by atoms with Crippen molar-refractivity contribution in [2.24, 2.45) is 29.1 Å². The van der Waals surface area contributed by atoms with E-state index in [0.717, 1.165) is 89.6 Å². The Bertz CT molecular complexity index is 749. The molecule has 5 saturated carbocycles. The van der Waals surface area contributed by atoms with Gasteiger partial charge in [0.15, 0.2) is 0 Å². The Morgan fingerprint density at radius 1 is 0.778 bits per heavy atom. The van der Waals surface area contributed by atoms with Crippen LogP contribution in [0.4, 0.5) is 0 Å². The summed E-state index contributed by atoms with van der Waals surface area (Å²) in [6, 6.07) is 0. The highest BCUT2D eigenvalue weighted by Gasteiger charge is 2.59. The normalized spacial score (nSPS) is 34.2. The lowest BCUT2D eigenvalue weighted by atomic mass is 9.65. The average molecular weight is 502 g/mol. The Hall–Kier alpha value is -1.10. The van der Waals surface area contributed by atoms with E-state index in [1.165, 1.54) is 51.4 Å². The zero-order valence-electron chi connectivity index (χ0n) is 22.9. The van der Waals surface area contributed by atoms with Gasteiger partial charge in [-0.1, -0.05) is 44.9 Å². The van der Waals surface area contributed by atoms with E-state index >= 15 is 0 Å². The van der Waals surface area contributed by atoms with Gasteiger partial charge in [0.25, 0.3) is 0 Å². The van der Waals surface area contributed by atoms with Crippen molar-refractivity contribution in [3.63, 3.8) is 0 Å². The molecule has 0 aromatic heterocycles. The lowest BCUT2D eigenvalue weighted by molar-refractivity contribution is -0.152. The molecule has 5 rings (SSSR count). The van der Waals surface area contributed by atoms with Crippen LogP contribution in [0.25, 0.3) is 0 Å². The van der Waals surface area contributed by atoms with E-state index in [1.807, 2.05) is 0 Å². The first kappa shape index (κ1) is 26.5. The van der Waals surface area contributed by atoms with Gasteiger partial charge in [-0.2, -0.15) is 0 Å². The van der Waals surface area contributed by atoms with Crippen molar-refractivity contribution in [2.45, 2.75) is 140 Å². The smallest absolute Gasteiger partial charge is 0.306 e. The van der Waals surface area contributed by atoms with E-state index in [1.54, 1.807) is 0 Å². The molecule has 5 heteroatoms. The van der Waals surface area contributed by atoms with E-state index in [-0.39, 0.29) is 16.9 Å². The molecule has 0 bridgehead atoms. The first-order chi connectivity index (χ1) is 17.4.